The van der Waals surface area contributed by atoms with Gasteiger partial charge in [0.25, 0.3) is 10.1 Å². The maximum absolute atomic E-state index is 10.5. The van der Waals surface area contributed by atoms with Crippen molar-refractivity contribution >= 4 is 10.1 Å². The first-order chi connectivity index (χ1) is 8.39. The molecule has 2 rings (SSSR count). The second kappa shape index (κ2) is 6.28. The maximum Gasteiger partial charge on any atom is 0.294 e. The van der Waals surface area contributed by atoms with Crippen LogP contribution >= 0.6 is 0 Å². The van der Waals surface area contributed by atoms with Gasteiger partial charge in [0.05, 0.1) is 4.90 Å². The third kappa shape index (κ3) is 5.07. The van der Waals surface area contributed by atoms with Crippen LogP contribution in [-0.2, 0) is 17.2 Å². The fourth-order valence-corrected chi connectivity index (χ4v) is 1.67. The van der Waals surface area contributed by atoms with Crippen LogP contribution in [0.25, 0.3) is 0 Å². The number of aromatic nitrogens is 1. The molecule has 1 heterocycles. The summed E-state index contributed by atoms with van der Waals surface area (Å²) in [4.78, 5) is -0.0666. The van der Waals surface area contributed by atoms with E-state index >= 15 is 0 Å². The molecule has 0 aliphatic heterocycles. The number of hydrogen-bond donors (Lipinski definition) is 1. The van der Waals surface area contributed by atoms with Crippen LogP contribution in [0.3, 0.4) is 0 Å². The summed E-state index contributed by atoms with van der Waals surface area (Å²) in [6.45, 7) is 1.84. The monoisotopic (exact) mass is 266 g/mol. The van der Waals surface area contributed by atoms with E-state index in [4.69, 9.17) is 4.55 Å². The van der Waals surface area contributed by atoms with Gasteiger partial charge in [0.15, 0.2) is 12.4 Å². The quantitative estimate of drug-likeness (QED) is 0.632. The van der Waals surface area contributed by atoms with E-state index in [9.17, 15) is 8.42 Å². The van der Waals surface area contributed by atoms with Gasteiger partial charge in [-0.15, -0.1) is 0 Å². The highest BCUT2D eigenvalue weighted by atomic mass is 32.2. The first-order valence-corrected chi connectivity index (χ1v) is 6.78. The van der Waals surface area contributed by atoms with Crippen LogP contribution in [-0.4, -0.2) is 13.0 Å². The minimum Gasteiger partial charge on any atom is -0.282 e. The predicted molar refractivity (Wildman–Crippen MR) is 68.6 cm³/mol. The normalized spacial score (nSPS) is 10.4. The number of rotatable bonds is 1. The Morgan fingerprint density at radius 1 is 1.00 bits per heavy atom. The van der Waals surface area contributed by atoms with E-state index in [1.807, 2.05) is 49.1 Å². The Hall–Kier alpha value is -1.72. The lowest BCUT2D eigenvalue weighted by Crippen LogP contribution is -2.25. The number of pyridine rings is 1. The zero-order chi connectivity index (χ0) is 13.6. The van der Waals surface area contributed by atoms with Crippen LogP contribution in [0.5, 0.6) is 0 Å². The summed E-state index contributed by atoms with van der Waals surface area (Å²) in [6, 6.07) is 12.0. The molecule has 5 heteroatoms. The molecule has 0 unspecified atom stereocenters. The first kappa shape index (κ1) is 14.3. The summed E-state index contributed by atoms with van der Waals surface area (Å²) < 4.78 is 31.6. The second-order valence-electron chi connectivity index (χ2n) is 3.83. The van der Waals surface area contributed by atoms with Gasteiger partial charge in [0.1, 0.15) is 7.05 Å². The van der Waals surface area contributed by atoms with Crippen LogP contribution in [0.2, 0.25) is 0 Å². The van der Waals surface area contributed by atoms with Crippen molar-refractivity contribution < 1.29 is 17.5 Å². The highest BCUT2D eigenvalue weighted by molar-refractivity contribution is 7.85. The van der Waals surface area contributed by atoms with E-state index in [-0.39, 0.29) is 4.90 Å². The molecule has 1 N–H and O–H groups in total. The van der Waals surface area contributed by atoms with Gasteiger partial charge < -0.3 is 0 Å². The van der Waals surface area contributed by atoms with Crippen molar-refractivity contribution in [1.82, 2.24) is 0 Å². The van der Waals surface area contributed by atoms with E-state index in [0.29, 0.717) is 0 Å². The molecule has 1 aromatic heterocycles. The first-order valence-electron chi connectivity index (χ1n) is 5.34. The largest absolute Gasteiger partial charge is 0.294 e. The Labute approximate surface area is 107 Å². The molecule has 0 saturated heterocycles. The second-order valence-corrected chi connectivity index (χ2v) is 5.25. The number of nitrogens with zero attached hydrogens (tertiary/aromatic N) is 1. The average Bonchev–Trinajstić information content (AvgIpc) is 2.30. The molecule has 0 saturated carbocycles. The highest BCUT2D eigenvalue weighted by Gasteiger charge is 2.06. The van der Waals surface area contributed by atoms with Gasteiger partial charge in [0, 0.05) is 12.1 Å². The molecule has 0 spiro atoms. The molecule has 1 aromatic carbocycles. The van der Waals surface area contributed by atoms with Crippen LogP contribution in [0.4, 0.5) is 0 Å². The van der Waals surface area contributed by atoms with E-state index in [2.05, 4.69) is 0 Å². The predicted octanol–water partition coefficient (Wildman–Crippen LogP) is 1.75. The molecule has 0 aliphatic carbocycles. The van der Waals surface area contributed by atoms with Crippen molar-refractivity contribution in [3.05, 3.63) is 60.4 Å². The van der Waals surface area contributed by atoms with Gasteiger partial charge in [-0.05, 0) is 19.1 Å². The third-order valence-electron chi connectivity index (χ3n) is 2.18. The van der Waals surface area contributed by atoms with Crippen LogP contribution in [0, 0.1) is 6.92 Å². The van der Waals surface area contributed by atoms with Gasteiger partial charge in [-0.2, -0.15) is 8.42 Å². The fraction of sp³-hybridized carbons (Fsp3) is 0.154. The van der Waals surface area contributed by atoms with Crippen molar-refractivity contribution in [3.8, 4) is 0 Å². The third-order valence-corrected chi connectivity index (χ3v) is 3.05. The SMILES string of the molecule is C[n+]1ccccc1.Cc1ccc(S(=O)(=O)O)cc1. The topological polar surface area (TPSA) is 58.2 Å². The smallest absolute Gasteiger partial charge is 0.282 e. The van der Waals surface area contributed by atoms with Crippen LogP contribution < -0.4 is 4.57 Å². The van der Waals surface area contributed by atoms with Gasteiger partial charge in [-0.3, -0.25) is 4.55 Å². The lowest BCUT2D eigenvalue weighted by molar-refractivity contribution is -0.671. The lowest BCUT2D eigenvalue weighted by atomic mass is 10.2. The molecule has 0 fully saturated rings. The summed E-state index contributed by atoms with van der Waals surface area (Å²) >= 11 is 0. The van der Waals surface area contributed by atoms with Crippen LogP contribution in [0.1, 0.15) is 5.56 Å². The average molecular weight is 266 g/mol. The van der Waals surface area contributed by atoms with Gasteiger partial charge in [-0.1, -0.05) is 23.8 Å². The van der Waals surface area contributed by atoms with Crippen LogP contribution in [0.15, 0.2) is 59.8 Å². The van der Waals surface area contributed by atoms with Crippen molar-refractivity contribution in [1.29, 1.82) is 0 Å². The van der Waals surface area contributed by atoms with Crippen molar-refractivity contribution in [2.45, 2.75) is 11.8 Å². The van der Waals surface area contributed by atoms with E-state index < -0.39 is 10.1 Å². The molecule has 0 bridgehead atoms. The Morgan fingerprint density at radius 2 is 1.50 bits per heavy atom. The Morgan fingerprint density at radius 3 is 1.83 bits per heavy atom. The van der Waals surface area contributed by atoms with E-state index in [0.717, 1.165) is 5.56 Å². The fourth-order valence-electron chi connectivity index (χ4n) is 1.19. The van der Waals surface area contributed by atoms with E-state index in [1.165, 1.54) is 12.1 Å². The molecule has 96 valence electrons. The minimum absolute atomic E-state index is 0.0666. The summed E-state index contributed by atoms with van der Waals surface area (Å²) in [5, 5.41) is 0. The summed E-state index contributed by atoms with van der Waals surface area (Å²) in [5.41, 5.74) is 0.956. The zero-order valence-corrected chi connectivity index (χ0v) is 11.1. The molecular formula is C13H16NO3S+. The van der Waals surface area contributed by atoms with Gasteiger partial charge in [-0.25, -0.2) is 4.57 Å². The lowest BCUT2D eigenvalue weighted by Gasteiger charge is -1.95. The standard InChI is InChI=1S/C7H8O3S.C6H8N/c1-6-2-4-7(5-3-6)11(8,9)10;1-7-5-3-2-4-6-7/h2-5H,1H3,(H,8,9,10);2-6H,1H3/q;+1. The highest BCUT2D eigenvalue weighted by Crippen LogP contribution is 2.08. The summed E-state index contributed by atoms with van der Waals surface area (Å²) in [6.07, 6.45) is 4.00. The molecule has 18 heavy (non-hydrogen) atoms. The molecule has 4 nitrogen and oxygen atoms in total. The molecule has 0 radical (unpaired) electrons. The van der Waals surface area contributed by atoms with E-state index in [1.54, 1.807) is 12.1 Å². The minimum atomic E-state index is -4.02. The Bertz CT molecular complexity index is 577. The zero-order valence-electron chi connectivity index (χ0n) is 10.3. The van der Waals surface area contributed by atoms with Gasteiger partial charge in [0.2, 0.25) is 0 Å². The number of benzene rings is 1. The summed E-state index contributed by atoms with van der Waals surface area (Å²) in [5.74, 6) is 0. The van der Waals surface area contributed by atoms with Gasteiger partial charge >= 0.3 is 0 Å². The maximum atomic E-state index is 10.5. The number of aryl methyl sites for hydroxylation is 2. The molecule has 0 amide bonds. The summed E-state index contributed by atoms with van der Waals surface area (Å²) in [7, 11) is -2.02. The van der Waals surface area contributed by atoms with Crippen molar-refractivity contribution in [2.75, 3.05) is 0 Å². The molecule has 0 aliphatic rings. The Kier molecular flexibility index (Phi) is 5.00. The Balaban J connectivity index is 0.000000199. The molecular weight excluding hydrogens is 250 g/mol. The number of hydrogen-bond acceptors (Lipinski definition) is 2. The van der Waals surface area contributed by atoms with Crippen molar-refractivity contribution in [2.24, 2.45) is 7.05 Å². The molecule has 2 aromatic rings. The molecule has 0 atom stereocenters. The van der Waals surface area contributed by atoms with Crippen molar-refractivity contribution in [3.63, 3.8) is 0 Å².